The average molecular weight is 561 g/mol. The molecule has 4 atom stereocenters. The van der Waals surface area contributed by atoms with Gasteiger partial charge < -0.3 is 9.47 Å². The molecule has 0 saturated carbocycles. The summed E-state index contributed by atoms with van der Waals surface area (Å²) in [4.78, 5) is 0. The smallest absolute Gasteiger partial charge is 0.0572 e. The van der Waals surface area contributed by atoms with Gasteiger partial charge in [0.1, 0.15) is 0 Å². The van der Waals surface area contributed by atoms with E-state index >= 15 is 0 Å². The predicted octanol–water partition coefficient (Wildman–Crippen LogP) is 9.43. The molecule has 4 aromatic carbocycles. The lowest BCUT2D eigenvalue weighted by atomic mass is 9.56. The molecule has 2 heteroatoms. The molecule has 0 aromatic heterocycles. The van der Waals surface area contributed by atoms with Crippen molar-refractivity contribution in [2.24, 2.45) is 0 Å². The first-order valence-corrected chi connectivity index (χ1v) is 15.9. The summed E-state index contributed by atoms with van der Waals surface area (Å²) in [5, 5.41) is 0. The number of benzene rings is 4. The van der Waals surface area contributed by atoms with E-state index in [1.165, 1.54) is 22.3 Å². The van der Waals surface area contributed by atoms with Crippen molar-refractivity contribution in [2.75, 3.05) is 26.4 Å². The molecule has 2 aliphatic heterocycles. The first-order chi connectivity index (χ1) is 20.5. The molecule has 2 aliphatic rings. The fraction of sp³-hybridized carbons (Fsp3) is 0.400. The number of hydrogen-bond donors (Lipinski definition) is 0. The molecule has 6 rings (SSSR count). The van der Waals surface area contributed by atoms with Gasteiger partial charge in [-0.25, -0.2) is 0 Å². The van der Waals surface area contributed by atoms with Crippen molar-refractivity contribution in [1.29, 1.82) is 0 Å². The summed E-state index contributed by atoms with van der Waals surface area (Å²) >= 11 is 0. The second kappa shape index (κ2) is 13.0. The zero-order chi connectivity index (χ0) is 29.5. The predicted molar refractivity (Wildman–Crippen MR) is 175 cm³/mol. The van der Waals surface area contributed by atoms with Crippen LogP contribution in [0.25, 0.3) is 0 Å². The summed E-state index contributed by atoms with van der Waals surface area (Å²) in [6.07, 6.45) is 4.45. The van der Waals surface area contributed by atoms with Crippen LogP contribution in [0.2, 0.25) is 0 Å². The van der Waals surface area contributed by atoms with Crippen molar-refractivity contribution in [2.45, 2.75) is 75.0 Å². The average Bonchev–Trinajstić information content (AvgIpc) is 3.47. The van der Waals surface area contributed by atoms with Crippen LogP contribution >= 0.6 is 0 Å². The maximum absolute atomic E-state index is 6.10. The third kappa shape index (κ3) is 5.48. The van der Waals surface area contributed by atoms with Crippen LogP contribution in [0.1, 0.15) is 75.6 Å². The normalized spacial score (nSPS) is 29.0. The number of hydrogen-bond acceptors (Lipinski definition) is 2. The Morgan fingerprint density at radius 3 is 1.24 bits per heavy atom. The summed E-state index contributed by atoms with van der Waals surface area (Å²) in [7, 11) is 0. The summed E-state index contributed by atoms with van der Waals surface area (Å²) in [6, 6.07) is 43.6. The Hall–Kier alpha value is -3.20. The molecule has 0 spiro atoms. The fourth-order valence-corrected chi connectivity index (χ4v) is 7.95. The summed E-state index contributed by atoms with van der Waals surface area (Å²) in [6.45, 7) is 12.5. The molecule has 2 nitrogen and oxygen atoms in total. The molecule has 0 bridgehead atoms. The zero-order valence-electron chi connectivity index (χ0n) is 26.0. The highest BCUT2D eigenvalue weighted by molar-refractivity contribution is 5.41. The van der Waals surface area contributed by atoms with Crippen molar-refractivity contribution in [3.8, 4) is 0 Å². The van der Waals surface area contributed by atoms with Gasteiger partial charge in [0.25, 0.3) is 0 Å². The lowest BCUT2D eigenvalue weighted by molar-refractivity contribution is -0.0170. The van der Waals surface area contributed by atoms with Gasteiger partial charge in [0.05, 0.1) is 26.4 Å². The Morgan fingerprint density at radius 2 is 0.833 bits per heavy atom. The monoisotopic (exact) mass is 560 g/mol. The minimum Gasteiger partial charge on any atom is -0.380 e. The molecule has 4 unspecified atom stereocenters. The second-order valence-corrected chi connectivity index (χ2v) is 12.7. The van der Waals surface area contributed by atoms with Crippen molar-refractivity contribution in [3.05, 3.63) is 144 Å². The number of ether oxygens (including phenoxy) is 2. The summed E-state index contributed by atoms with van der Waals surface area (Å²) in [5.41, 5.74) is 5.99. The van der Waals surface area contributed by atoms with E-state index in [1.807, 2.05) is 0 Å². The minimum absolute atomic E-state index is 0.0738. The molecule has 0 aliphatic carbocycles. The van der Waals surface area contributed by atoms with E-state index in [0.717, 1.165) is 52.1 Å². The quantitative estimate of drug-likeness (QED) is 0.224. The molecule has 4 aromatic rings. The van der Waals surface area contributed by atoms with Gasteiger partial charge in [0.2, 0.25) is 0 Å². The van der Waals surface area contributed by atoms with Gasteiger partial charge in [-0.3, -0.25) is 0 Å². The minimum atomic E-state index is 0.0738. The SMILES string of the molecule is CCC1(c2ccccc2)COCC(C)(c2ccccc2)C1.CCC1(c2ccccc2)COCC1(CC)c1ccccc1. The highest BCUT2D eigenvalue weighted by Crippen LogP contribution is 2.53. The Labute approximate surface area is 254 Å². The van der Waals surface area contributed by atoms with Gasteiger partial charge in [0.15, 0.2) is 0 Å². The van der Waals surface area contributed by atoms with Crippen LogP contribution in [0.5, 0.6) is 0 Å². The van der Waals surface area contributed by atoms with Gasteiger partial charge >= 0.3 is 0 Å². The molecule has 2 fully saturated rings. The Morgan fingerprint density at radius 1 is 0.452 bits per heavy atom. The zero-order valence-corrected chi connectivity index (χ0v) is 26.0. The molecular weight excluding hydrogens is 512 g/mol. The Bertz CT molecular complexity index is 1320. The van der Waals surface area contributed by atoms with Crippen molar-refractivity contribution in [3.63, 3.8) is 0 Å². The summed E-state index contributed by atoms with van der Waals surface area (Å²) < 4.78 is 12.2. The van der Waals surface area contributed by atoms with E-state index in [9.17, 15) is 0 Å². The molecule has 220 valence electrons. The van der Waals surface area contributed by atoms with E-state index < -0.39 is 0 Å². The molecule has 42 heavy (non-hydrogen) atoms. The van der Waals surface area contributed by atoms with Crippen LogP contribution in [0.3, 0.4) is 0 Å². The topological polar surface area (TPSA) is 18.5 Å². The van der Waals surface area contributed by atoms with Crippen molar-refractivity contribution >= 4 is 0 Å². The second-order valence-electron chi connectivity index (χ2n) is 12.7. The van der Waals surface area contributed by atoms with E-state index in [2.05, 4.69) is 149 Å². The lowest BCUT2D eigenvalue weighted by Gasteiger charge is -2.46. The molecule has 2 heterocycles. The van der Waals surface area contributed by atoms with Gasteiger partial charge in [0, 0.05) is 21.7 Å². The fourth-order valence-electron chi connectivity index (χ4n) is 7.95. The van der Waals surface area contributed by atoms with Crippen LogP contribution in [-0.2, 0) is 31.1 Å². The maximum atomic E-state index is 6.10. The Balaban J connectivity index is 0.000000168. The third-order valence-electron chi connectivity index (χ3n) is 10.5. The first kappa shape index (κ1) is 30.3. The Kier molecular flexibility index (Phi) is 9.35. The van der Waals surface area contributed by atoms with E-state index in [1.54, 1.807) is 0 Å². The van der Waals surface area contributed by atoms with Crippen LogP contribution in [-0.4, -0.2) is 26.4 Å². The van der Waals surface area contributed by atoms with Crippen LogP contribution < -0.4 is 0 Å². The van der Waals surface area contributed by atoms with Crippen LogP contribution in [0, 0.1) is 0 Å². The first-order valence-electron chi connectivity index (χ1n) is 15.9. The molecule has 0 N–H and O–H groups in total. The van der Waals surface area contributed by atoms with Gasteiger partial charge in [-0.2, -0.15) is 0 Å². The largest absolute Gasteiger partial charge is 0.380 e. The maximum Gasteiger partial charge on any atom is 0.0572 e. The van der Waals surface area contributed by atoms with E-state index in [-0.39, 0.29) is 21.7 Å². The molecular formula is C40H48O2. The van der Waals surface area contributed by atoms with E-state index in [0.29, 0.717) is 0 Å². The lowest BCUT2D eigenvalue weighted by Crippen LogP contribution is -2.47. The van der Waals surface area contributed by atoms with Crippen LogP contribution in [0.15, 0.2) is 121 Å². The van der Waals surface area contributed by atoms with Crippen molar-refractivity contribution in [1.82, 2.24) is 0 Å². The third-order valence-corrected chi connectivity index (χ3v) is 10.5. The molecule has 2 saturated heterocycles. The standard InChI is InChI=1S/2C20H24O/c1-3-20(18-12-8-5-9-13-18)14-19(2,15-21-16-20)17-10-6-4-7-11-17;1-3-19(17-11-7-5-8-12-17)15-21-16-20(19,4-2)18-13-9-6-10-14-18/h4-13H,3,14-16H2,1-2H3;5-14H,3-4,15-16H2,1-2H3. The molecule has 0 radical (unpaired) electrons. The summed E-state index contributed by atoms with van der Waals surface area (Å²) in [5.74, 6) is 0. The highest BCUT2D eigenvalue weighted by atomic mass is 16.5. The van der Waals surface area contributed by atoms with Crippen LogP contribution in [0.4, 0.5) is 0 Å². The van der Waals surface area contributed by atoms with Gasteiger partial charge in [-0.15, -0.1) is 0 Å². The van der Waals surface area contributed by atoms with Gasteiger partial charge in [-0.05, 0) is 47.9 Å². The van der Waals surface area contributed by atoms with Gasteiger partial charge in [-0.1, -0.05) is 149 Å². The highest BCUT2D eigenvalue weighted by Gasteiger charge is 2.55. The molecule has 0 amide bonds. The van der Waals surface area contributed by atoms with Crippen molar-refractivity contribution < 1.29 is 9.47 Å². The number of rotatable bonds is 7. The van der Waals surface area contributed by atoms with E-state index in [4.69, 9.17) is 9.47 Å².